The highest BCUT2D eigenvalue weighted by Gasteiger charge is 2.38. The Morgan fingerprint density at radius 1 is 1.12 bits per heavy atom. The van der Waals surface area contributed by atoms with Crippen molar-refractivity contribution >= 4 is 5.97 Å². The number of aliphatic hydroxyl groups excluding tert-OH is 1. The van der Waals surface area contributed by atoms with Gasteiger partial charge in [-0.15, -0.1) is 0 Å². The fraction of sp³-hybridized carbons (Fsp3) is 0.278. The van der Waals surface area contributed by atoms with Gasteiger partial charge in [0.2, 0.25) is 5.75 Å². The van der Waals surface area contributed by atoms with E-state index in [9.17, 15) is 15.0 Å². The second kappa shape index (κ2) is 6.52. The van der Waals surface area contributed by atoms with Gasteiger partial charge in [-0.25, -0.2) is 4.79 Å². The van der Waals surface area contributed by atoms with Crippen LogP contribution in [0.1, 0.15) is 11.7 Å². The predicted molar refractivity (Wildman–Crippen MR) is 88.5 cm³/mol. The van der Waals surface area contributed by atoms with Crippen LogP contribution in [0.25, 0.3) is 11.1 Å². The van der Waals surface area contributed by atoms with E-state index in [2.05, 4.69) is 0 Å². The van der Waals surface area contributed by atoms with Crippen molar-refractivity contribution in [1.82, 2.24) is 0 Å². The van der Waals surface area contributed by atoms with Gasteiger partial charge in [0.25, 0.3) is 0 Å². The lowest BCUT2D eigenvalue weighted by atomic mass is 9.89. The maximum atomic E-state index is 11.3. The Morgan fingerprint density at radius 3 is 2.40 bits per heavy atom. The second-order valence-corrected chi connectivity index (χ2v) is 5.43. The zero-order valence-corrected chi connectivity index (χ0v) is 14.0. The van der Waals surface area contributed by atoms with Gasteiger partial charge in [0.15, 0.2) is 23.7 Å². The molecule has 3 rings (SSSR count). The van der Waals surface area contributed by atoms with E-state index in [-0.39, 0.29) is 0 Å². The molecule has 1 aliphatic heterocycles. The fourth-order valence-corrected chi connectivity index (χ4v) is 3.02. The lowest BCUT2D eigenvalue weighted by Gasteiger charge is -2.32. The molecule has 0 spiro atoms. The van der Waals surface area contributed by atoms with Crippen molar-refractivity contribution in [1.29, 1.82) is 0 Å². The highest BCUT2D eigenvalue weighted by atomic mass is 16.5. The zero-order chi connectivity index (χ0) is 18.1. The average molecular weight is 346 g/mol. The van der Waals surface area contributed by atoms with Crippen LogP contribution < -0.4 is 18.9 Å². The van der Waals surface area contributed by atoms with Gasteiger partial charge in [0.05, 0.1) is 21.3 Å². The number of para-hydroxylation sites is 1. The predicted octanol–water partition coefficient (Wildman–Crippen LogP) is 2.26. The van der Waals surface area contributed by atoms with Crippen LogP contribution in [0.4, 0.5) is 0 Å². The van der Waals surface area contributed by atoms with Crippen LogP contribution >= 0.6 is 0 Å². The number of carboxylic acids is 1. The van der Waals surface area contributed by atoms with Gasteiger partial charge in [-0.3, -0.25) is 0 Å². The van der Waals surface area contributed by atoms with Gasteiger partial charge in [-0.2, -0.15) is 0 Å². The van der Waals surface area contributed by atoms with E-state index in [0.29, 0.717) is 39.7 Å². The Kier molecular flexibility index (Phi) is 4.41. The van der Waals surface area contributed by atoms with Crippen molar-refractivity contribution in [3.8, 4) is 34.1 Å². The Balaban J connectivity index is 2.35. The van der Waals surface area contributed by atoms with E-state index < -0.39 is 18.2 Å². The van der Waals surface area contributed by atoms with Crippen LogP contribution in [-0.4, -0.2) is 43.6 Å². The molecule has 0 radical (unpaired) electrons. The molecule has 0 fully saturated rings. The molecule has 0 aliphatic carbocycles. The number of ether oxygens (including phenoxy) is 4. The smallest absolute Gasteiger partial charge is 0.336 e. The summed E-state index contributed by atoms with van der Waals surface area (Å²) in [6.45, 7) is 0. The van der Waals surface area contributed by atoms with Crippen LogP contribution in [0.5, 0.6) is 23.0 Å². The van der Waals surface area contributed by atoms with Gasteiger partial charge >= 0.3 is 5.97 Å². The lowest BCUT2D eigenvalue weighted by molar-refractivity contribution is -0.152. The summed E-state index contributed by atoms with van der Waals surface area (Å²) in [6, 6.07) is 8.72. The van der Waals surface area contributed by atoms with Crippen LogP contribution in [0.3, 0.4) is 0 Å². The number of carboxylic acid groups (broad SMARTS) is 1. The summed E-state index contributed by atoms with van der Waals surface area (Å²) >= 11 is 0. The summed E-state index contributed by atoms with van der Waals surface area (Å²) in [5.41, 5.74) is 1.76. The molecule has 25 heavy (non-hydrogen) atoms. The number of rotatable bonds is 5. The third-order valence-electron chi connectivity index (χ3n) is 4.12. The molecule has 0 bridgehead atoms. The van der Waals surface area contributed by atoms with Crippen molar-refractivity contribution in [3.05, 3.63) is 35.9 Å². The Labute approximate surface area is 144 Å². The molecule has 1 aliphatic rings. The quantitative estimate of drug-likeness (QED) is 0.857. The number of hydrogen-bond acceptors (Lipinski definition) is 6. The molecule has 0 saturated carbocycles. The highest BCUT2D eigenvalue weighted by Crippen LogP contribution is 2.54. The molecule has 2 N–H and O–H groups in total. The average Bonchev–Trinajstić information content (AvgIpc) is 2.64. The number of aliphatic carboxylic acids is 1. The number of hydrogen-bond donors (Lipinski definition) is 2. The maximum absolute atomic E-state index is 11.3. The normalized spacial score (nSPS) is 16.1. The van der Waals surface area contributed by atoms with Crippen LogP contribution in [0.15, 0.2) is 30.3 Å². The fourth-order valence-electron chi connectivity index (χ4n) is 3.02. The summed E-state index contributed by atoms with van der Waals surface area (Å²) in [4.78, 5) is 11.3. The first-order valence-electron chi connectivity index (χ1n) is 7.53. The monoisotopic (exact) mass is 346 g/mol. The minimum atomic E-state index is -1.75. The third-order valence-corrected chi connectivity index (χ3v) is 4.12. The summed E-state index contributed by atoms with van der Waals surface area (Å²) in [5.74, 6) is 0.178. The summed E-state index contributed by atoms with van der Waals surface area (Å²) in [6.07, 6.45) is -2.87. The zero-order valence-electron chi connectivity index (χ0n) is 14.0. The summed E-state index contributed by atoms with van der Waals surface area (Å²) in [5, 5.41) is 19.4. The van der Waals surface area contributed by atoms with Gasteiger partial charge in [-0.1, -0.05) is 18.2 Å². The maximum Gasteiger partial charge on any atom is 0.336 e. The van der Waals surface area contributed by atoms with E-state index >= 15 is 0 Å². The number of methoxy groups -OCH3 is 3. The topological polar surface area (TPSA) is 94.5 Å². The molecule has 7 nitrogen and oxygen atoms in total. The molecular weight excluding hydrogens is 328 g/mol. The van der Waals surface area contributed by atoms with E-state index in [1.165, 1.54) is 21.3 Å². The number of fused-ring (bicyclic) bond motifs is 3. The van der Waals surface area contributed by atoms with Crippen LogP contribution in [-0.2, 0) is 4.79 Å². The van der Waals surface area contributed by atoms with Crippen molar-refractivity contribution in [2.45, 2.75) is 12.2 Å². The number of carbonyl (C=O) groups is 1. The first kappa shape index (κ1) is 16.9. The second-order valence-electron chi connectivity index (χ2n) is 5.43. The van der Waals surface area contributed by atoms with Crippen LogP contribution in [0, 0.1) is 0 Å². The Bertz CT molecular complexity index is 815. The van der Waals surface area contributed by atoms with Gasteiger partial charge in [0.1, 0.15) is 5.75 Å². The molecule has 2 aromatic carbocycles. The molecule has 1 heterocycles. The van der Waals surface area contributed by atoms with Crippen molar-refractivity contribution in [2.75, 3.05) is 21.3 Å². The van der Waals surface area contributed by atoms with Crippen LogP contribution in [0.2, 0.25) is 0 Å². The van der Waals surface area contributed by atoms with Crippen molar-refractivity contribution in [2.24, 2.45) is 0 Å². The van der Waals surface area contributed by atoms with E-state index in [1.807, 2.05) is 12.1 Å². The lowest BCUT2D eigenvalue weighted by Crippen LogP contribution is -2.33. The SMILES string of the molecule is COc1cc2c(c(OC)c1OC)-c1ccccc1OC2C(O)C(=O)O. The molecule has 2 unspecified atom stereocenters. The third kappa shape index (κ3) is 2.62. The largest absolute Gasteiger partial charge is 0.493 e. The Hall–Kier alpha value is -2.93. The molecule has 132 valence electrons. The van der Waals surface area contributed by atoms with Crippen molar-refractivity contribution < 1.29 is 34.0 Å². The molecule has 2 atom stereocenters. The van der Waals surface area contributed by atoms with Gasteiger partial charge < -0.3 is 29.2 Å². The molecule has 0 saturated heterocycles. The van der Waals surface area contributed by atoms with E-state index in [1.54, 1.807) is 18.2 Å². The van der Waals surface area contributed by atoms with Crippen molar-refractivity contribution in [3.63, 3.8) is 0 Å². The number of benzene rings is 2. The summed E-state index contributed by atoms with van der Waals surface area (Å²) in [7, 11) is 4.43. The van der Waals surface area contributed by atoms with E-state index in [4.69, 9.17) is 18.9 Å². The molecule has 2 aromatic rings. The highest BCUT2D eigenvalue weighted by molar-refractivity contribution is 5.86. The van der Waals surface area contributed by atoms with Gasteiger partial charge in [-0.05, 0) is 12.1 Å². The molecule has 7 heteroatoms. The molecule has 0 aromatic heterocycles. The number of aliphatic hydroxyl groups is 1. The van der Waals surface area contributed by atoms with E-state index in [0.717, 1.165) is 0 Å². The first-order chi connectivity index (χ1) is 12.0. The molecule has 0 amide bonds. The first-order valence-corrected chi connectivity index (χ1v) is 7.53. The standard InChI is InChI=1S/C18H18O7/c1-22-12-8-10-13(17(24-3)16(12)23-2)9-6-4-5-7-11(9)25-15(10)14(19)18(20)21/h4-8,14-15,19H,1-3H3,(H,20,21). The minimum Gasteiger partial charge on any atom is -0.493 e. The summed E-state index contributed by atoms with van der Waals surface area (Å²) < 4.78 is 22.0. The Morgan fingerprint density at radius 2 is 1.80 bits per heavy atom. The van der Waals surface area contributed by atoms with Gasteiger partial charge in [0, 0.05) is 16.7 Å². The minimum absolute atomic E-state index is 0.351. The molecular formula is C18H18O7.